The number of urea groups is 1. The van der Waals surface area contributed by atoms with Gasteiger partial charge >= 0.3 is 12.1 Å². The SMILES string of the molecule is CC(C)(C)OC(=O)N1CCC(NC(=O)NC(=O)c2ccc(Cl)cc2F)C1. The molecule has 9 heteroatoms. The van der Waals surface area contributed by atoms with Crippen LogP contribution in [0.2, 0.25) is 5.02 Å². The lowest BCUT2D eigenvalue weighted by atomic mass is 10.2. The standard InChI is InChI=1S/C17H21ClFN3O4/c1-17(2,3)26-16(25)22-7-6-11(9-22)20-15(24)21-14(23)12-5-4-10(18)8-13(12)19/h4-5,8,11H,6-7,9H2,1-3H3,(H2,20,21,23,24). The molecule has 1 fully saturated rings. The second kappa shape index (κ2) is 7.90. The third-order valence-electron chi connectivity index (χ3n) is 3.58. The Morgan fingerprint density at radius 1 is 1.31 bits per heavy atom. The van der Waals surface area contributed by atoms with Gasteiger partial charge in [0.2, 0.25) is 0 Å². The lowest BCUT2D eigenvalue weighted by molar-refractivity contribution is 0.0291. The fraction of sp³-hybridized carbons (Fsp3) is 0.471. The van der Waals surface area contributed by atoms with Crippen LogP contribution in [0.15, 0.2) is 18.2 Å². The molecule has 1 atom stereocenters. The van der Waals surface area contributed by atoms with Gasteiger partial charge < -0.3 is 15.0 Å². The lowest BCUT2D eigenvalue weighted by Gasteiger charge is -2.24. The van der Waals surface area contributed by atoms with Crippen molar-refractivity contribution in [3.63, 3.8) is 0 Å². The second-order valence-electron chi connectivity index (χ2n) is 6.96. The Kier molecular flexibility index (Phi) is 6.07. The number of amides is 4. The van der Waals surface area contributed by atoms with Crippen molar-refractivity contribution < 1.29 is 23.5 Å². The fourth-order valence-electron chi connectivity index (χ4n) is 2.44. The highest BCUT2D eigenvalue weighted by molar-refractivity contribution is 6.30. The molecule has 142 valence electrons. The molecule has 0 aromatic heterocycles. The maximum absolute atomic E-state index is 13.7. The first-order valence-electron chi connectivity index (χ1n) is 8.10. The summed E-state index contributed by atoms with van der Waals surface area (Å²) in [6, 6.07) is 2.45. The second-order valence-corrected chi connectivity index (χ2v) is 7.40. The third kappa shape index (κ3) is 5.59. The van der Waals surface area contributed by atoms with E-state index in [0.717, 1.165) is 6.07 Å². The first kappa shape index (κ1) is 20.0. The van der Waals surface area contributed by atoms with E-state index in [1.54, 1.807) is 20.8 Å². The normalized spacial score (nSPS) is 17.0. The summed E-state index contributed by atoms with van der Waals surface area (Å²) in [5.41, 5.74) is -0.888. The minimum Gasteiger partial charge on any atom is -0.444 e. The maximum atomic E-state index is 13.7. The molecule has 0 spiro atoms. The predicted octanol–water partition coefficient (Wildman–Crippen LogP) is 2.93. The van der Waals surface area contributed by atoms with Crippen molar-refractivity contribution in [2.24, 2.45) is 0 Å². The predicted molar refractivity (Wildman–Crippen MR) is 93.6 cm³/mol. The van der Waals surface area contributed by atoms with Gasteiger partial charge in [0, 0.05) is 24.2 Å². The number of carbonyl (C=O) groups is 3. The van der Waals surface area contributed by atoms with Crippen LogP contribution in [-0.2, 0) is 4.74 Å². The molecule has 26 heavy (non-hydrogen) atoms. The summed E-state index contributed by atoms with van der Waals surface area (Å²) >= 11 is 5.63. The number of likely N-dealkylation sites (tertiary alicyclic amines) is 1. The van der Waals surface area contributed by atoms with Crippen molar-refractivity contribution in [1.29, 1.82) is 0 Å². The molecule has 1 heterocycles. The van der Waals surface area contributed by atoms with E-state index in [1.165, 1.54) is 17.0 Å². The Balaban J connectivity index is 1.85. The van der Waals surface area contributed by atoms with Crippen molar-refractivity contribution in [1.82, 2.24) is 15.5 Å². The van der Waals surface area contributed by atoms with Crippen molar-refractivity contribution in [3.8, 4) is 0 Å². The van der Waals surface area contributed by atoms with Gasteiger partial charge in [0.15, 0.2) is 0 Å². The third-order valence-corrected chi connectivity index (χ3v) is 3.81. The number of imide groups is 1. The summed E-state index contributed by atoms with van der Waals surface area (Å²) in [6.45, 7) is 6.01. The molecule has 1 aliphatic heterocycles. The number of hydrogen-bond donors (Lipinski definition) is 2. The minimum absolute atomic E-state index is 0.150. The molecule has 1 saturated heterocycles. The number of rotatable bonds is 2. The van der Waals surface area contributed by atoms with E-state index in [1.807, 2.05) is 0 Å². The van der Waals surface area contributed by atoms with Gasteiger partial charge in [-0.2, -0.15) is 0 Å². The van der Waals surface area contributed by atoms with Crippen molar-refractivity contribution in [2.45, 2.75) is 38.8 Å². The average molecular weight is 386 g/mol. The Hall–Kier alpha value is -2.35. The van der Waals surface area contributed by atoms with Gasteiger partial charge in [-0.05, 0) is 45.4 Å². The number of nitrogens with zero attached hydrogens (tertiary/aromatic N) is 1. The van der Waals surface area contributed by atoms with Gasteiger partial charge in [0.05, 0.1) is 5.56 Å². The van der Waals surface area contributed by atoms with E-state index >= 15 is 0 Å². The van der Waals surface area contributed by atoms with Crippen LogP contribution in [0.3, 0.4) is 0 Å². The number of carbonyl (C=O) groups excluding carboxylic acids is 3. The molecular weight excluding hydrogens is 365 g/mol. The van der Waals surface area contributed by atoms with Crippen molar-refractivity contribution >= 4 is 29.6 Å². The molecule has 1 aromatic carbocycles. The summed E-state index contributed by atoms with van der Waals surface area (Å²) in [5, 5.41) is 4.80. The number of halogens is 2. The van der Waals surface area contributed by atoms with Crippen LogP contribution < -0.4 is 10.6 Å². The summed E-state index contributed by atoms with van der Waals surface area (Å²) in [4.78, 5) is 37.4. The van der Waals surface area contributed by atoms with Crippen LogP contribution in [-0.4, -0.2) is 47.7 Å². The quantitative estimate of drug-likeness (QED) is 0.819. The molecule has 0 saturated carbocycles. The summed E-state index contributed by atoms with van der Waals surface area (Å²) in [6.07, 6.45) is 0.0670. The Bertz CT molecular complexity index is 720. The van der Waals surface area contributed by atoms with Crippen LogP contribution in [0.25, 0.3) is 0 Å². The molecule has 7 nitrogen and oxygen atoms in total. The zero-order valence-corrected chi connectivity index (χ0v) is 15.5. The van der Waals surface area contributed by atoms with Crippen LogP contribution in [0, 0.1) is 5.82 Å². The zero-order chi connectivity index (χ0) is 19.5. The fourth-order valence-corrected chi connectivity index (χ4v) is 2.59. The Morgan fingerprint density at radius 3 is 2.62 bits per heavy atom. The van der Waals surface area contributed by atoms with E-state index in [0.29, 0.717) is 13.0 Å². The minimum atomic E-state index is -0.876. The topological polar surface area (TPSA) is 87.7 Å². The first-order chi connectivity index (χ1) is 12.0. The summed E-state index contributed by atoms with van der Waals surface area (Å²) in [5.74, 6) is -1.70. The van der Waals surface area contributed by atoms with E-state index in [2.05, 4.69) is 10.6 Å². The summed E-state index contributed by atoms with van der Waals surface area (Å²) < 4.78 is 19.0. The smallest absolute Gasteiger partial charge is 0.410 e. The monoisotopic (exact) mass is 385 g/mol. The zero-order valence-electron chi connectivity index (χ0n) is 14.8. The van der Waals surface area contributed by atoms with Crippen molar-refractivity contribution in [3.05, 3.63) is 34.6 Å². The molecule has 0 radical (unpaired) electrons. The van der Waals surface area contributed by atoms with Gasteiger partial charge in [-0.3, -0.25) is 10.1 Å². The van der Waals surface area contributed by atoms with Crippen molar-refractivity contribution in [2.75, 3.05) is 13.1 Å². The van der Waals surface area contributed by atoms with Crippen LogP contribution in [0.4, 0.5) is 14.0 Å². The molecule has 1 unspecified atom stereocenters. The molecule has 2 rings (SSSR count). The van der Waals surface area contributed by atoms with Gasteiger partial charge in [-0.1, -0.05) is 11.6 Å². The van der Waals surface area contributed by atoms with Crippen LogP contribution in [0.5, 0.6) is 0 Å². The Morgan fingerprint density at radius 2 is 2.00 bits per heavy atom. The molecule has 0 aliphatic carbocycles. The molecule has 2 N–H and O–H groups in total. The molecular formula is C17H21ClFN3O4. The van der Waals surface area contributed by atoms with E-state index < -0.39 is 29.4 Å². The van der Waals surface area contributed by atoms with E-state index in [4.69, 9.17) is 16.3 Å². The molecule has 0 bridgehead atoms. The highest BCUT2D eigenvalue weighted by Gasteiger charge is 2.30. The highest BCUT2D eigenvalue weighted by Crippen LogP contribution is 2.16. The number of ether oxygens (including phenoxy) is 1. The van der Waals surface area contributed by atoms with Gasteiger partial charge in [-0.25, -0.2) is 14.0 Å². The van der Waals surface area contributed by atoms with E-state index in [-0.39, 0.29) is 23.2 Å². The van der Waals surface area contributed by atoms with Gasteiger partial charge in [0.1, 0.15) is 11.4 Å². The highest BCUT2D eigenvalue weighted by atomic mass is 35.5. The molecule has 4 amide bonds. The molecule has 1 aliphatic rings. The average Bonchev–Trinajstić information content (AvgIpc) is 2.93. The van der Waals surface area contributed by atoms with Crippen LogP contribution >= 0.6 is 11.6 Å². The first-order valence-corrected chi connectivity index (χ1v) is 8.48. The maximum Gasteiger partial charge on any atom is 0.410 e. The van der Waals surface area contributed by atoms with E-state index in [9.17, 15) is 18.8 Å². The van der Waals surface area contributed by atoms with Gasteiger partial charge in [0.25, 0.3) is 5.91 Å². The lowest BCUT2D eigenvalue weighted by Crippen LogP contribution is -2.46. The molecule has 1 aromatic rings. The number of nitrogens with one attached hydrogen (secondary N) is 2. The summed E-state index contributed by atoms with van der Waals surface area (Å²) in [7, 11) is 0. The number of benzene rings is 1. The Labute approximate surface area is 155 Å². The largest absolute Gasteiger partial charge is 0.444 e. The van der Waals surface area contributed by atoms with Gasteiger partial charge in [-0.15, -0.1) is 0 Å². The number of hydrogen-bond acceptors (Lipinski definition) is 4. The van der Waals surface area contributed by atoms with Crippen LogP contribution in [0.1, 0.15) is 37.6 Å².